The van der Waals surface area contributed by atoms with Gasteiger partial charge in [0, 0.05) is 12.6 Å². The molecule has 1 rings (SSSR count). The van der Waals surface area contributed by atoms with Crippen LogP contribution < -0.4 is 5.73 Å². The molecule has 90 valence electrons. The largest absolute Gasteiger partial charge is 0.405 e. The van der Waals surface area contributed by atoms with Crippen molar-refractivity contribution in [2.75, 3.05) is 13.1 Å². The number of alkyl halides is 3. The molecule has 0 aliphatic heterocycles. The van der Waals surface area contributed by atoms with Gasteiger partial charge in [-0.2, -0.15) is 13.2 Å². The highest BCUT2D eigenvalue weighted by atomic mass is 19.4. The Morgan fingerprint density at radius 3 is 2.20 bits per heavy atom. The predicted octanol–water partition coefficient (Wildman–Crippen LogP) is 2.00. The third-order valence-electron chi connectivity index (χ3n) is 2.82. The number of nitrogens with zero attached hydrogens (tertiary/aromatic N) is 1. The van der Waals surface area contributed by atoms with E-state index in [1.807, 2.05) is 0 Å². The van der Waals surface area contributed by atoms with E-state index in [9.17, 15) is 13.2 Å². The fraction of sp³-hybridized carbons (Fsp3) is 1.00. The third kappa shape index (κ3) is 3.65. The van der Waals surface area contributed by atoms with Gasteiger partial charge in [-0.3, -0.25) is 4.90 Å². The molecular formula is C10H19F3N2. The minimum atomic E-state index is -4.22. The summed E-state index contributed by atoms with van der Waals surface area (Å²) in [4.78, 5) is 1.46. The maximum absolute atomic E-state index is 12.8. The summed E-state index contributed by atoms with van der Waals surface area (Å²) in [6.07, 6.45) is -2.11. The van der Waals surface area contributed by atoms with E-state index >= 15 is 0 Å². The third-order valence-corrected chi connectivity index (χ3v) is 2.82. The molecule has 5 heteroatoms. The number of hydrogen-bond donors (Lipinski definition) is 1. The maximum Gasteiger partial charge on any atom is 0.405 e. The van der Waals surface area contributed by atoms with Gasteiger partial charge >= 0.3 is 6.18 Å². The van der Waals surface area contributed by atoms with Crippen molar-refractivity contribution in [1.82, 2.24) is 4.90 Å². The Morgan fingerprint density at radius 2 is 1.93 bits per heavy atom. The van der Waals surface area contributed by atoms with E-state index in [0.717, 1.165) is 12.8 Å². The highest BCUT2D eigenvalue weighted by Crippen LogP contribution is 2.33. The fourth-order valence-electron chi connectivity index (χ4n) is 1.91. The zero-order valence-corrected chi connectivity index (χ0v) is 9.22. The zero-order valence-electron chi connectivity index (χ0n) is 9.22. The maximum atomic E-state index is 12.8. The van der Waals surface area contributed by atoms with Crippen LogP contribution in [0.4, 0.5) is 13.2 Å². The van der Waals surface area contributed by atoms with Crippen LogP contribution in [0.1, 0.15) is 26.7 Å². The molecule has 0 radical (unpaired) electrons. The molecular weight excluding hydrogens is 205 g/mol. The SMILES string of the molecule is CCN(CC1CC1)C(C(C)N)C(F)(F)F. The van der Waals surface area contributed by atoms with Crippen LogP contribution in [0.2, 0.25) is 0 Å². The molecule has 2 atom stereocenters. The molecule has 0 amide bonds. The molecule has 1 fully saturated rings. The van der Waals surface area contributed by atoms with Crippen molar-refractivity contribution >= 4 is 0 Å². The highest BCUT2D eigenvalue weighted by molar-refractivity contribution is 4.88. The molecule has 2 nitrogen and oxygen atoms in total. The van der Waals surface area contributed by atoms with Crippen molar-refractivity contribution in [2.45, 2.75) is 44.9 Å². The summed E-state index contributed by atoms with van der Waals surface area (Å²) in [6, 6.07) is -2.37. The normalized spacial score (nSPS) is 21.8. The summed E-state index contributed by atoms with van der Waals surface area (Å²) >= 11 is 0. The molecule has 1 aliphatic rings. The second kappa shape index (κ2) is 4.70. The molecule has 0 aromatic rings. The quantitative estimate of drug-likeness (QED) is 0.774. The molecule has 0 aromatic heterocycles. The molecule has 1 saturated carbocycles. The zero-order chi connectivity index (χ0) is 11.6. The lowest BCUT2D eigenvalue weighted by Crippen LogP contribution is -2.55. The minimum Gasteiger partial charge on any atom is -0.326 e. The number of halogens is 3. The first-order chi connectivity index (χ1) is 6.86. The van der Waals surface area contributed by atoms with Gasteiger partial charge in [-0.1, -0.05) is 6.92 Å². The molecule has 2 N–H and O–H groups in total. The minimum absolute atomic E-state index is 0.405. The standard InChI is InChI=1S/C10H19F3N2/c1-3-15(6-8-4-5-8)9(7(2)14)10(11,12)13/h7-9H,3-6,14H2,1-2H3. The molecule has 2 unspecified atom stereocenters. The Morgan fingerprint density at radius 1 is 1.40 bits per heavy atom. The Bertz CT molecular complexity index is 199. The van der Waals surface area contributed by atoms with Crippen LogP contribution in [0, 0.1) is 5.92 Å². The van der Waals surface area contributed by atoms with Crippen molar-refractivity contribution in [3.8, 4) is 0 Å². The van der Waals surface area contributed by atoms with Crippen molar-refractivity contribution in [3.05, 3.63) is 0 Å². The fourth-order valence-corrected chi connectivity index (χ4v) is 1.91. The molecule has 0 spiro atoms. The Balaban J connectivity index is 2.65. The van der Waals surface area contributed by atoms with Crippen molar-refractivity contribution in [3.63, 3.8) is 0 Å². The van der Waals surface area contributed by atoms with Crippen LogP contribution in [0.25, 0.3) is 0 Å². The van der Waals surface area contributed by atoms with Gasteiger partial charge in [0.15, 0.2) is 0 Å². The van der Waals surface area contributed by atoms with Gasteiger partial charge < -0.3 is 5.73 Å². The smallest absolute Gasteiger partial charge is 0.326 e. The monoisotopic (exact) mass is 224 g/mol. The summed E-state index contributed by atoms with van der Waals surface area (Å²) in [5, 5.41) is 0. The van der Waals surface area contributed by atoms with Crippen molar-refractivity contribution in [1.29, 1.82) is 0 Å². The Hall–Kier alpha value is -0.290. The highest BCUT2D eigenvalue weighted by Gasteiger charge is 2.46. The van der Waals surface area contributed by atoms with E-state index < -0.39 is 18.3 Å². The van der Waals surface area contributed by atoms with E-state index in [-0.39, 0.29) is 0 Å². The predicted molar refractivity (Wildman–Crippen MR) is 53.5 cm³/mol. The van der Waals surface area contributed by atoms with Crippen LogP contribution >= 0.6 is 0 Å². The first-order valence-electron chi connectivity index (χ1n) is 5.42. The number of rotatable bonds is 5. The second-order valence-electron chi connectivity index (χ2n) is 4.38. The van der Waals surface area contributed by atoms with Crippen LogP contribution in [0.5, 0.6) is 0 Å². The van der Waals surface area contributed by atoms with Gasteiger partial charge in [-0.15, -0.1) is 0 Å². The Kier molecular flexibility index (Phi) is 4.00. The number of hydrogen-bond acceptors (Lipinski definition) is 2. The summed E-state index contributed by atoms with van der Waals surface area (Å²) in [7, 11) is 0. The molecule has 15 heavy (non-hydrogen) atoms. The molecule has 0 bridgehead atoms. The lowest BCUT2D eigenvalue weighted by Gasteiger charge is -2.34. The Labute approximate surface area is 88.6 Å². The van der Waals surface area contributed by atoms with E-state index in [2.05, 4.69) is 0 Å². The van der Waals surface area contributed by atoms with Gasteiger partial charge in [-0.25, -0.2) is 0 Å². The van der Waals surface area contributed by atoms with Crippen molar-refractivity contribution in [2.24, 2.45) is 11.7 Å². The average Bonchev–Trinajstić information content (AvgIpc) is 2.83. The van der Waals surface area contributed by atoms with Crippen LogP contribution in [0.3, 0.4) is 0 Å². The average molecular weight is 224 g/mol. The lowest BCUT2D eigenvalue weighted by atomic mass is 10.1. The summed E-state index contributed by atoms with van der Waals surface area (Å²) in [5.41, 5.74) is 5.43. The van der Waals surface area contributed by atoms with Gasteiger partial charge in [0.1, 0.15) is 6.04 Å². The van der Waals surface area contributed by atoms with E-state index in [4.69, 9.17) is 5.73 Å². The first-order valence-corrected chi connectivity index (χ1v) is 5.42. The van der Waals surface area contributed by atoms with E-state index in [1.54, 1.807) is 6.92 Å². The summed E-state index contributed by atoms with van der Waals surface area (Å²) in [5.74, 6) is 0.452. The molecule has 0 saturated heterocycles. The molecule has 0 aromatic carbocycles. The molecule has 0 heterocycles. The number of likely N-dealkylation sites (N-methyl/N-ethyl adjacent to an activating group) is 1. The van der Waals surface area contributed by atoms with E-state index in [0.29, 0.717) is 19.0 Å². The van der Waals surface area contributed by atoms with Gasteiger partial charge in [-0.05, 0) is 32.2 Å². The summed E-state index contributed by atoms with van der Waals surface area (Å²) in [6.45, 7) is 4.11. The molecule has 1 aliphatic carbocycles. The van der Waals surface area contributed by atoms with Crippen LogP contribution in [0.15, 0.2) is 0 Å². The topological polar surface area (TPSA) is 29.3 Å². The van der Waals surface area contributed by atoms with Crippen LogP contribution in [-0.4, -0.2) is 36.2 Å². The van der Waals surface area contributed by atoms with E-state index in [1.165, 1.54) is 11.8 Å². The van der Waals surface area contributed by atoms with Gasteiger partial charge in [0.2, 0.25) is 0 Å². The van der Waals surface area contributed by atoms with Crippen molar-refractivity contribution < 1.29 is 13.2 Å². The lowest BCUT2D eigenvalue weighted by molar-refractivity contribution is -0.188. The summed E-state index contributed by atoms with van der Waals surface area (Å²) < 4.78 is 38.3. The van der Waals surface area contributed by atoms with Gasteiger partial charge in [0.05, 0.1) is 0 Å². The van der Waals surface area contributed by atoms with Crippen LogP contribution in [-0.2, 0) is 0 Å². The second-order valence-corrected chi connectivity index (χ2v) is 4.38. The first kappa shape index (κ1) is 12.8. The number of nitrogens with two attached hydrogens (primary N) is 1. The van der Waals surface area contributed by atoms with Gasteiger partial charge in [0.25, 0.3) is 0 Å².